The van der Waals surface area contributed by atoms with E-state index in [0.29, 0.717) is 0 Å². The Morgan fingerprint density at radius 3 is 1.79 bits per heavy atom. The molecule has 1 saturated heterocycles. The number of aliphatic hydroxyl groups is 2. The molecule has 0 saturated carbocycles. The summed E-state index contributed by atoms with van der Waals surface area (Å²) in [5, 5.41) is 22.7. The molecule has 7 nitrogen and oxygen atoms in total. The molecule has 0 aromatic heterocycles. The van der Waals surface area contributed by atoms with Crippen LogP contribution in [-0.2, 0) is 14.0 Å². The van der Waals surface area contributed by atoms with Gasteiger partial charge in [0, 0.05) is 0 Å². The number of carbonyl (C=O) groups excluding carboxylic acids is 2. The van der Waals surface area contributed by atoms with Gasteiger partial charge in [0.1, 0.15) is 11.7 Å². The highest BCUT2D eigenvalue weighted by Gasteiger charge is 2.55. The normalized spacial score (nSPS) is 21.6. The third-order valence-corrected chi connectivity index (χ3v) is 11.0. The number of benzene rings is 2. The molecule has 2 aromatic rings. The molecule has 1 heterocycles. The van der Waals surface area contributed by atoms with E-state index in [2.05, 4.69) is 20.8 Å². The minimum atomic E-state index is -2.98. The summed E-state index contributed by atoms with van der Waals surface area (Å²) in [6.45, 7) is 11.2. The zero-order chi connectivity index (χ0) is 25.3. The van der Waals surface area contributed by atoms with Gasteiger partial charge in [0.2, 0.25) is 0 Å². The maximum absolute atomic E-state index is 12.9. The van der Waals surface area contributed by atoms with E-state index in [9.17, 15) is 19.8 Å². The van der Waals surface area contributed by atoms with Gasteiger partial charge < -0.3 is 19.4 Å². The third kappa shape index (κ3) is 4.95. The van der Waals surface area contributed by atoms with Crippen LogP contribution in [0.1, 0.15) is 41.5 Å². The Balaban J connectivity index is 2.05. The number of nitrogens with zero attached hydrogens (tertiary/aromatic N) is 1. The largest absolute Gasteiger partial charge is 0.443 e. The number of imide groups is 1. The van der Waals surface area contributed by atoms with Gasteiger partial charge in [0.15, 0.2) is 6.10 Å². The maximum Gasteiger partial charge on any atom is 0.417 e. The van der Waals surface area contributed by atoms with E-state index in [4.69, 9.17) is 9.16 Å². The molecule has 2 N–H and O–H groups in total. The topological polar surface area (TPSA) is 96.3 Å². The van der Waals surface area contributed by atoms with Crippen LogP contribution in [0, 0.1) is 0 Å². The van der Waals surface area contributed by atoms with Crippen molar-refractivity contribution in [1.29, 1.82) is 0 Å². The molecular formula is C26H35NO6Si. The first-order valence-electron chi connectivity index (χ1n) is 11.5. The van der Waals surface area contributed by atoms with Gasteiger partial charge in [-0.05, 0) is 36.2 Å². The molecule has 0 spiro atoms. The molecule has 2 amide bonds. The lowest BCUT2D eigenvalue weighted by atomic mass is 10.1. The number of carbonyl (C=O) groups is 2. The fourth-order valence-electron chi connectivity index (χ4n) is 4.50. The van der Waals surface area contributed by atoms with E-state index in [-0.39, 0.29) is 11.6 Å². The molecule has 3 rings (SSSR count). The Morgan fingerprint density at radius 2 is 1.38 bits per heavy atom. The van der Waals surface area contributed by atoms with Crippen molar-refractivity contribution in [3.63, 3.8) is 0 Å². The van der Waals surface area contributed by atoms with Gasteiger partial charge >= 0.3 is 6.09 Å². The zero-order valence-corrected chi connectivity index (χ0v) is 21.7. The van der Waals surface area contributed by atoms with Crippen molar-refractivity contribution in [2.45, 2.75) is 70.4 Å². The Labute approximate surface area is 202 Å². The van der Waals surface area contributed by atoms with Crippen LogP contribution in [0.25, 0.3) is 0 Å². The van der Waals surface area contributed by atoms with E-state index in [1.807, 2.05) is 60.7 Å². The second kappa shape index (κ2) is 9.62. The van der Waals surface area contributed by atoms with Gasteiger partial charge in [-0.2, -0.15) is 0 Å². The fourth-order valence-corrected chi connectivity index (χ4v) is 9.07. The quantitative estimate of drug-likeness (QED) is 0.632. The molecule has 34 heavy (non-hydrogen) atoms. The molecule has 1 fully saturated rings. The van der Waals surface area contributed by atoms with Crippen molar-refractivity contribution in [3.05, 3.63) is 60.7 Å². The van der Waals surface area contributed by atoms with Gasteiger partial charge in [-0.25, -0.2) is 9.69 Å². The average Bonchev–Trinajstić information content (AvgIpc) is 2.97. The van der Waals surface area contributed by atoms with Crippen molar-refractivity contribution >= 4 is 30.7 Å². The highest BCUT2D eigenvalue weighted by atomic mass is 28.4. The zero-order valence-electron chi connectivity index (χ0n) is 20.7. The van der Waals surface area contributed by atoms with Crippen LogP contribution >= 0.6 is 0 Å². The SMILES string of the molecule is CC(C)(C)OC(=O)N1C(=O)[C@H](O)[C@H](O)[C@H]1CO[Si](c1ccccc1)(c1ccccc1)C(C)(C)C. The molecule has 8 heteroatoms. The van der Waals surface area contributed by atoms with Crippen molar-refractivity contribution in [1.82, 2.24) is 4.90 Å². The van der Waals surface area contributed by atoms with Gasteiger partial charge in [-0.3, -0.25) is 4.79 Å². The molecule has 1 aliphatic rings. The molecule has 3 atom stereocenters. The average molecular weight is 486 g/mol. The van der Waals surface area contributed by atoms with Gasteiger partial charge in [0.05, 0.1) is 12.6 Å². The molecule has 0 radical (unpaired) electrons. The summed E-state index contributed by atoms with van der Waals surface area (Å²) < 4.78 is 12.2. The fraction of sp³-hybridized carbons (Fsp3) is 0.462. The molecule has 184 valence electrons. The lowest BCUT2D eigenvalue weighted by Crippen LogP contribution is -2.67. The molecular weight excluding hydrogens is 450 g/mol. The van der Waals surface area contributed by atoms with Crippen LogP contribution in [0.15, 0.2) is 60.7 Å². The Hall–Kier alpha value is -2.52. The van der Waals surface area contributed by atoms with Crippen LogP contribution < -0.4 is 10.4 Å². The number of hydrogen-bond donors (Lipinski definition) is 2. The summed E-state index contributed by atoms with van der Waals surface area (Å²) in [5.74, 6) is -0.891. The summed E-state index contributed by atoms with van der Waals surface area (Å²) in [7, 11) is -2.98. The molecule has 0 bridgehead atoms. The second-order valence-electron chi connectivity index (χ2n) is 10.7. The van der Waals surface area contributed by atoms with Gasteiger partial charge in [0.25, 0.3) is 14.2 Å². The Bertz CT molecular complexity index is 960. The van der Waals surface area contributed by atoms with Crippen molar-refractivity contribution in [3.8, 4) is 0 Å². The smallest absolute Gasteiger partial charge is 0.417 e. The summed E-state index contributed by atoms with van der Waals surface area (Å²) in [6, 6.07) is 18.7. The number of ether oxygens (including phenoxy) is 1. The van der Waals surface area contributed by atoms with Crippen LogP contribution in [0.3, 0.4) is 0 Å². The maximum atomic E-state index is 12.9. The lowest BCUT2D eigenvalue weighted by molar-refractivity contribution is -0.135. The highest BCUT2D eigenvalue weighted by molar-refractivity contribution is 6.99. The van der Waals surface area contributed by atoms with E-state index in [1.54, 1.807) is 20.8 Å². The molecule has 0 unspecified atom stereocenters. The van der Waals surface area contributed by atoms with Crippen LogP contribution in [0.4, 0.5) is 4.79 Å². The molecule has 1 aliphatic heterocycles. The van der Waals surface area contributed by atoms with Crippen LogP contribution in [0.2, 0.25) is 5.04 Å². The van der Waals surface area contributed by atoms with Gasteiger partial charge in [-0.1, -0.05) is 81.4 Å². The number of aliphatic hydroxyl groups excluding tert-OH is 2. The van der Waals surface area contributed by atoms with E-state index in [1.165, 1.54) is 0 Å². The number of rotatable bonds is 5. The Morgan fingerprint density at radius 1 is 0.912 bits per heavy atom. The van der Waals surface area contributed by atoms with E-state index >= 15 is 0 Å². The Kier molecular flexibility index (Phi) is 7.38. The van der Waals surface area contributed by atoms with Crippen molar-refractivity contribution < 1.29 is 29.0 Å². The minimum absolute atomic E-state index is 0.142. The van der Waals surface area contributed by atoms with E-state index in [0.717, 1.165) is 15.3 Å². The summed E-state index contributed by atoms with van der Waals surface area (Å²) >= 11 is 0. The first-order chi connectivity index (χ1) is 15.8. The van der Waals surface area contributed by atoms with E-state index < -0.39 is 44.2 Å². The highest BCUT2D eigenvalue weighted by Crippen LogP contribution is 2.37. The van der Waals surface area contributed by atoms with Crippen LogP contribution in [-0.4, -0.2) is 65.9 Å². The number of likely N-dealkylation sites (tertiary alicyclic amines) is 1. The number of hydrogen-bond acceptors (Lipinski definition) is 6. The first-order valence-corrected chi connectivity index (χ1v) is 13.4. The summed E-state index contributed by atoms with van der Waals surface area (Å²) in [6.07, 6.45) is -4.12. The molecule has 2 aromatic carbocycles. The predicted octanol–water partition coefficient (Wildman–Crippen LogP) is 2.43. The summed E-state index contributed by atoms with van der Waals surface area (Å²) in [4.78, 5) is 26.3. The predicted molar refractivity (Wildman–Crippen MR) is 132 cm³/mol. The monoisotopic (exact) mass is 485 g/mol. The van der Waals surface area contributed by atoms with Crippen molar-refractivity contribution in [2.24, 2.45) is 0 Å². The van der Waals surface area contributed by atoms with Gasteiger partial charge in [-0.15, -0.1) is 0 Å². The molecule has 0 aliphatic carbocycles. The third-order valence-electron chi connectivity index (χ3n) is 6.02. The standard InChI is InChI=1S/C26H35NO6Si/c1-25(2,3)33-24(31)27-20(21(28)22(29)23(27)30)17-32-34(26(4,5)6,18-13-9-7-10-14-18)19-15-11-8-12-16-19/h7-16,20-22,28-29H,17H2,1-6H3/t20-,21-,22-/m1/s1. The minimum Gasteiger partial charge on any atom is -0.443 e. The summed E-state index contributed by atoms with van der Waals surface area (Å²) in [5.41, 5.74) is -0.848. The number of amides is 2. The van der Waals surface area contributed by atoms with Crippen LogP contribution in [0.5, 0.6) is 0 Å². The second-order valence-corrected chi connectivity index (χ2v) is 15.0. The van der Waals surface area contributed by atoms with Crippen molar-refractivity contribution in [2.75, 3.05) is 6.61 Å². The lowest BCUT2D eigenvalue weighted by Gasteiger charge is -2.44. The first kappa shape index (κ1) is 26.1.